The Labute approximate surface area is 108 Å². The Morgan fingerprint density at radius 1 is 1.53 bits per heavy atom. The third kappa shape index (κ3) is 2.50. The molecule has 0 radical (unpaired) electrons. The van der Waals surface area contributed by atoms with Crippen LogP contribution < -0.4 is 0 Å². The number of aromatic nitrogens is 2. The number of alkyl halides is 1. The SMILES string of the molecule is CCC1(CC)CC(n2cncc2CCl)CCO1. The lowest BCUT2D eigenvalue weighted by Crippen LogP contribution is -2.39. The first-order chi connectivity index (χ1) is 8.24. The van der Waals surface area contributed by atoms with Crippen LogP contribution >= 0.6 is 11.6 Å². The third-order valence-electron chi connectivity index (χ3n) is 4.03. The Kier molecular flexibility index (Phi) is 4.10. The van der Waals surface area contributed by atoms with Crippen molar-refractivity contribution in [2.75, 3.05) is 6.61 Å². The van der Waals surface area contributed by atoms with Crippen LogP contribution in [-0.4, -0.2) is 21.8 Å². The number of rotatable bonds is 4. The molecule has 1 aliphatic rings. The summed E-state index contributed by atoms with van der Waals surface area (Å²) in [6.07, 6.45) is 8.05. The highest BCUT2D eigenvalue weighted by atomic mass is 35.5. The van der Waals surface area contributed by atoms with Gasteiger partial charge in [0.25, 0.3) is 0 Å². The van der Waals surface area contributed by atoms with E-state index in [0.717, 1.165) is 38.0 Å². The summed E-state index contributed by atoms with van der Waals surface area (Å²) in [6.45, 7) is 5.26. The van der Waals surface area contributed by atoms with Crippen molar-refractivity contribution in [2.45, 2.75) is 57.1 Å². The second-order valence-corrected chi connectivity index (χ2v) is 5.08. The lowest BCUT2D eigenvalue weighted by Gasteiger charge is -2.40. The molecule has 0 amide bonds. The van der Waals surface area contributed by atoms with E-state index in [9.17, 15) is 0 Å². The number of imidazole rings is 1. The zero-order chi connectivity index (χ0) is 12.3. The molecule has 1 aromatic heterocycles. The van der Waals surface area contributed by atoms with Gasteiger partial charge in [0.15, 0.2) is 0 Å². The van der Waals surface area contributed by atoms with Crippen LogP contribution in [0.4, 0.5) is 0 Å². The van der Waals surface area contributed by atoms with E-state index in [-0.39, 0.29) is 5.60 Å². The van der Waals surface area contributed by atoms with Crippen molar-refractivity contribution in [1.29, 1.82) is 0 Å². The largest absolute Gasteiger partial charge is 0.375 e. The molecular formula is C13H21ClN2O. The zero-order valence-corrected chi connectivity index (χ0v) is 11.4. The van der Waals surface area contributed by atoms with Crippen molar-refractivity contribution in [3.63, 3.8) is 0 Å². The second kappa shape index (κ2) is 5.40. The van der Waals surface area contributed by atoms with Gasteiger partial charge in [0.05, 0.1) is 23.5 Å². The van der Waals surface area contributed by atoms with Crippen LogP contribution in [0.2, 0.25) is 0 Å². The Morgan fingerprint density at radius 3 is 2.94 bits per heavy atom. The van der Waals surface area contributed by atoms with Crippen LogP contribution in [0, 0.1) is 0 Å². The fourth-order valence-electron chi connectivity index (χ4n) is 2.75. The highest BCUT2D eigenvalue weighted by Crippen LogP contribution is 2.37. The smallest absolute Gasteiger partial charge is 0.0951 e. The van der Waals surface area contributed by atoms with Gasteiger partial charge in [-0.15, -0.1) is 11.6 Å². The molecule has 1 atom stereocenters. The molecule has 96 valence electrons. The number of halogens is 1. The Morgan fingerprint density at radius 2 is 2.29 bits per heavy atom. The van der Waals surface area contributed by atoms with Crippen LogP contribution in [-0.2, 0) is 10.6 Å². The van der Waals surface area contributed by atoms with Crippen molar-refractivity contribution >= 4 is 11.6 Å². The van der Waals surface area contributed by atoms with Gasteiger partial charge in [-0.3, -0.25) is 0 Å². The molecule has 0 aromatic carbocycles. The molecule has 1 unspecified atom stereocenters. The average Bonchev–Trinajstić information content (AvgIpc) is 2.87. The van der Waals surface area contributed by atoms with Crippen LogP contribution in [0.3, 0.4) is 0 Å². The molecule has 0 bridgehead atoms. The van der Waals surface area contributed by atoms with E-state index in [2.05, 4.69) is 23.4 Å². The van der Waals surface area contributed by atoms with Gasteiger partial charge in [0.1, 0.15) is 0 Å². The number of ether oxygens (including phenoxy) is 1. The average molecular weight is 257 g/mol. The quantitative estimate of drug-likeness (QED) is 0.771. The molecule has 0 aliphatic carbocycles. The maximum atomic E-state index is 6.00. The Balaban J connectivity index is 2.17. The summed E-state index contributed by atoms with van der Waals surface area (Å²) in [4.78, 5) is 4.21. The maximum absolute atomic E-state index is 6.00. The highest BCUT2D eigenvalue weighted by molar-refractivity contribution is 6.16. The normalized spacial score (nSPS) is 23.8. The summed E-state index contributed by atoms with van der Waals surface area (Å²) < 4.78 is 8.23. The van der Waals surface area contributed by atoms with Crippen LogP contribution in [0.5, 0.6) is 0 Å². The molecule has 1 aliphatic heterocycles. The summed E-state index contributed by atoms with van der Waals surface area (Å²) >= 11 is 5.94. The topological polar surface area (TPSA) is 27.1 Å². The molecule has 2 heterocycles. The van der Waals surface area contributed by atoms with E-state index < -0.39 is 0 Å². The van der Waals surface area contributed by atoms with Crippen LogP contribution in [0.15, 0.2) is 12.5 Å². The molecule has 1 aromatic rings. The van der Waals surface area contributed by atoms with Gasteiger partial charge in [-0.25, -0.2) is 4.98 Å². The highest BCUT2D eigenvalue weighted by Gasteiger charge is 2.35. The van der Waals surface area contributed by atoms with Gasteiger partial charge in [-0.1, -0.05) is 13.8 Å². The molecule has 1 fully saturated rings. The molecular weight excluding hydrogens is 236 g/mol. The fourth-order valence-corrected chi connectivity index (χ4v) is 2.95. The van der Waals surface area contributed by atoms with Gasteiger partial charge in [-0.05, 0) is 25.7 Å². The van der Waals surface area contributed by atoms with Gasteiger partial charge in [0, 0.05) is 18.8 Å². The van der Waals surface area contributed by atoms with Gasteiger partial charge in [0.2, 0.25) is 0 Å². The summed E-state index contributed by atoms with van der Waals surface area (Å²) in [5, 5.41) is 0. The standard InChI is InChI=1S/C13H21ClN2O/c1-3-13(4-2)7-11(5-6-17-13)16-10-15-9-12(16)8-14/h9-11H,3-8H2,1-2H3. The van der Waals surface area contributed by atoms with E-state index >= 15 is 0 Å². The summed E-state index contributed by atoms with van der Waals surface area (Å²) in [6, 6.07) is 0.486. The Hall–Kier alpha value is -0.540. The van der Waals surface area contributed by atoms with Crippen molar-refractivity contribution in [2.24, 2.45) is 0 Å². The predicted octanol–water partition coefficient (Wildman–Crippen LogP) is 3.53. The minimum absolute atomic E-state index is 0.0524. The molecule has 1 saturated heterocycles. The molecule has 17 heavy (non-hydrogen) atoms. The van der Waals surface area contributed by atoms with E-state index in [0.29, 0.717) is 11.9 Å². The first-order valence-corrected chi connectivity index (χ1v) is 6.98. The predicted molar refractivity (Wildman–Crippen MR) is 69.3 cm³/mol. The van der Waals surface area contributed by atoms with Crippen molar-refractivity contribution in [3.05, 3.63) is 18.2 Å². The van der Waals surface area contributed by atoms with E-state index in [1.165, 1.54) is 0 Å². The first kappa shape index (κ1) is 12.9. The monoisotopic (exact) mass is 256 g/mol. The lowest BCUT2D eigenvalue weighted by atomic mass is 9.86. The van der Waals surface area contributed by atoms with Crippen molar-refractivity contribution < 1.29 is 4.74 Å². The van der Waals surface area contributed by atoms with Crippen LogP contribution in [0.1, 0.15) is 51.3 Å². The number of nitrogens with zero attached hydrogens (tertiary/aromatic N) is 2. The van der Waals surface area contributed by atoms with E-state index in [1.54, 1.807) is 0 Å². The zero-order valence-electron chi connectivity index (χ0n) is 10.7. The number of hydrogen-bond acceptors (Lipinski definition) is 2. The molecule has 0 N–H and O–H groups in total. The lowest BCUT2D eigenvalue weighted by molar-refractivity contribution is -0.0989. The molecule has 3 nitrogen and oxygen atoms in total. The van der Waals surface area contributed by atoms with Gasteiger partial charge in [-0.2, -0.15) is 0 Å². The minimum Gasteiger partial charge on any atom is -0.375 e. The molecule has 0 saturated carbocycles. The van der Waals surface area contributed by atoms with Crippen molar-refractivity contribution in [3.8, 4) is 0 Å². The van der Waals surface area contributed by atoms with Gasteiger partial charge < -0.3 is 9.30 Å². The fraction of sp³-hybridized carbons (Fsp3) is 0.769. The summed E-state index contributed by atoms with van der Waals surface area (Å²) in [5.74, 6) is 0.530. The molecule has 0 spiro atoms. The Bertz CT molecular complexity index is 360. The van der Waals surface area contributed by atoms with E-state index in [4.69, 9.17) is 16.3 Å². The maximum Gasteiger partial charge on any atom is 0.0951 e. The minimum atomic E-state index is 0.0524. The second-order valence-electron chi connectivity index (χ2n) is 4.81. The molecule has 4 heteroatoms. The van der Waals surface area contributed by atoms with Crippen LogP contribution in [0.25, 0.3) is 0 Å². The first-order valence-electron chi connectivity index (χ1n) is 6.45. The van der Waals surface area contributed by atoms with Crippen molar-refractivity contribution in [1.82, 2.24) is 9.55 Å². The summed E-state index contributed by atoms with van der Waals surface area (Å²) in [7, 11) is 0. The van der Waals surface area contributed by atoms with E-state index in [1.807, 2.05) is 12.5 Å². The third-order valence-corrected chi connectivity index (χ3v) is 4.31. The van der Waals surface area contributed by atoms with Gasteiger partial charge >= 0.3 is 0 Å². The molecule has 2 rings (SSSR count). The summed E-state index contributed by atoms with van der Waals surface area (Å²) in [5.41, 5.74) is 1.16. The number of hydrogen-bond donors (Lipinski definition) is 0.